The highest BCUT2D eigenvalue weighted by atomic mass is 15.2. The van der Waals surface area contributed by atoms with Crippen LogP contribution in [0.25, 0.3) is 0 Å². The zero-order valence-electron chi connectivity index (χ0n) is 10.4. The maximum Gasteiger partial charge on any atom is 0.153 e. The Morgan fingerprint density at radius 3 is 2.41 bits per heavy atom. The third kappa shape index (κ3) is 2.51. The van der Waals surface area contributed by atoms with E-state index in [1.54, 1.807) is 0 Å². The van der Waals surface area contributed by atoms with Crippen LogP contribution in [0.1, 0.15) is 68.4 Å². The maximum atomic E-state index is 4.76. The number of nitrogens with zero attached hydrogens (tertiary/aromatic N) is 2. The molecule has 94 valence electrons. The summed E-state index contributed by atoms with van der Waals surface area (Å²) in [4.78, 5) is 4.76. The lowest BCUT2D eigenvalue weighted by Gasteiger charge is -2.20. The van der Waals surface area contributed by atoms with Crippen LogP contribution >= 0.6 is 0 Å². The molecular weight excluding hydrogens is 212 g/mol. The first-order valence-corrected chi connectivity index (χ1v) is 7.06. The molecule has 0 unspecified atom stereocenters. The lowest BCUT2D eigenvalue weighted by molar-refractivity contribution is 0.427. The molecular formula is C13H22N4. The van der Waals surface area contributed by atoms with Gasteiger partial charge in [-0.25, -0.2) is 4.98 Å². The van der Waals surface area contributed by atoms with Gasteiger partial charge in [0.2, 0.25) is 0 Å². The SMILES string of the molecule is C1CCC(c2n[nH]c(C3CCNCC3)n2)CC1. The van der Waals surface area contributed by atoms with E-state index in [0.717, 1.165) is 24.7 Å². The minimum absolute atomic E-state index is 0.598. The van der Waals surface area contributed by atoms with Crippen LogP contribution in [0.5, 0.6) is 0 Å². The molecule has 1 saturated heterocycles. The van der Waals surface area contributed by atoms with Gasteiger partial charge in [-0.1, -0.05) is 19.3 Å². The fraction of sp³-hybridized carbons (Fsp3) is 0.846. The number of piperidine rings is 1. The second-order valence-corrected chi connectivity index (χ2v) is 5.44. The molecule has 1 aliphatic carbocycles. The highest BCUT2D eigenvalue weighted by Gasteiger charge is 2.23. The molecule has 17 heavy (non-hydrogen) atoms. The minimum atomic E-state index is 0.598. The Hall–Kier alpha value is -0.900. The summed E-state index contributed by atoms with van der Waals surface area (Å²) in [5, 5.41) is 11.0. The molecule has 2 N–H and O–H groups in total. The summed E-state index contributed by atoms with van der Waals surface area (Å²) >= 11 is 0. The predicted octanol–water partition coefficient (Wildman–Crippen LogP) is 2.32. The van der Waals surface area contributed by atoms with Crippen LogP contribution in [0.3, 0.4) is 0 Å². The van der Waals surface area contributed by atoms with Gasteiger partial charge in [-0.2, -0.15) is 5.10 Å². The highest BCUT2D eigenvalue weighted by Crippen LogP contribution is 2.31. The summed E-state index contributed by atoms with van der Waals surface area (Å²) in [7, 11) is 0. The zero-order valence-corrected chi connectivity index (χ0v) is 10.4. The third-order valence-corrected chi connectivity index (χ3v) is 4.22. The van der Waals surface area contributed by atoms with Crippen molar-refractivity contribution in [1.29, 1.82) is 0 Å². The molecule has 0 bridgehead atoms. The molecule has 0 radical (unpaired) electrons. The van der Waals surface area contributed by atoms with E-state index < -0.39 is 0 Å². The smallest absolute Gasteiger partial charge is 0.153 e. The Morgan fingerprint density at radius 2 is 1.65 bits per heavy atom. The van der Waals surface area contributed by atoms with Crippen LogP contribution in [0.15, 0.2) is 0 Å². The summed E-state index contributed by atoms with van der Waals surface area (Å²) in [5.74, 6) is 3.43. The minimum Gasteiger partial charge on any atom is -0.317 e. The van der Waals surface area contributed by atoms with Gasteiger partial charge in [0.1, 0.15) is 5.82 Å². The number of hydrogen-bond donors (Lipinski definition) is 2. The Bertz CT molecular complexity index is 316. The quantitative estimate of drug-likeness (QED) is 0.825. The molecule has 2 aliphatic rings. The van der Waals surface area contributed by atoms with Crippen molar-refractivity contribution in [1.82, 2.24) is 20.5 Å². The Morgan fingerprint density at radius 1 is 0.882 bits per heavy atom. The van der Waals surface area contributed by atoms with Crippen LogP contribution < -0.4 is 5.32 Å². The third-order valence-electron chi connectivity index (χ3n) is 4.22. The van der Waals surface area contributed by atoms with Crippen LogP contribution in [-0.4, -0.2) is 28.3 Å². The summed E-state index contributed by atoms with van der Waals surface area (Å²) in [6.45, 7) is 2.23. The normalized spacial score (nSPS) is 24.0. The average Bonchev–Trinajstić information content (AvgIpc) is 2.90. The van der Waals surface area contributed by atoms with E-state index in [1.807, 2.05) is 0 Å². The average molecular weight is 234 g/mol. The van der Waals surface area contributed by atoms with Gasteiger partial charge in [-0.15, -0.1) is 0 Å². The summed E-state index contributed by atoms with van der Waals surface area (Å²) in [5.41, 5.74) is 0. The van der Waals surface area contributed by atoms with Crippen molar-refractivity contribution in [3.63, 3.8) is 0 Å². The number of aromatic amines is 1. The van der Waals surface area contributed by atoms with E-state index in [0.29, 0.717) is 11.8 Å². The number of nitrogens with one attached hydrogen (secondary N) is 2. The maximum absolute atomic E-state index is 4.76. The standard InChI is InChI=1S/C13H22N4/c1-2-4-10(5-3-1)12-15-13(17-16-12)11-6-8-14-9-7-11/h10-11,14H,1-9H2,(H,15,16,17). The topological polar surface area (TPSA) is 53.6 Å². The van der Waals surface area contributed by atoms with Gasteiger partial charge >= 0.3 is 0 Å². The van der Waals surface area contributed by atoms with E-state index in [2.05, 4.69) is 15.5 Å². The van der Waals surface area contributed by atoms with E-state index in [9.17, 15) is 0 Å². The van der Waals surface area contributed by atoms with Gasteiger partial charge in [-0.3, -0.25) is 5.10 Å². The molecule has 1 aliphatic heterocycles. The van der Waals surface area contributed by atoms with Gasteiger partial charge in [0.15, 0.2) is 5.82 Å². The molecule has 3 rings (SSSR count). The molecule has 0 amide bonds. The largest absolute Gasteiger partial charge is 0.317 e. The van der Waals surface area contributed by atoms with Crippen LogP contribution in [0.4, 0.5) is 0 Å². The molecule has 4 heteroatoms. The molecule has 0 atom stereocenters. The summed E-state index contributed by atoms with van der Waals surface area (Å²) < 4.78 is 0. The van der Waals surface area contributed by atoms with E-state index in [1.165, 1.54) is 44.9 Å². The predicted molar refractivity (Wildman–Crippen MR) is 67.1 cm³/mol. The molecule has 0 aromatic carbocycles. The van der Waals surface area contributed by atoms with Crippen molar-refractivity contribution in [3.05, 3.63) is 11.6 Å². The van der Waals surface area contributed by atoms with Crippen molar-refractivity contribution in [3.8, 4) is 0 Å². The molecule has 1 aromatic heterocycles. The van der Waals surface area contributed by atoms with Gasteiger partial charge in [0.25, 0.3) is 0 Å². The Kier molecular flexibility index (Phi) is 3.41. The molecule has 1 saturated carbocycles. The first kappa shape index (κ1) is 11.2. The second kappa shape index (κ2) is 5.17. The molecule has 2 fully saturated rings. The Balaban J connectivity index is 1.68. The number of hydrogen-bond acceptors (Lipinski definition) is 3. The number of rotatable bonds is 2. The molecule has 2 heterocycles. The van der Waals surface area contributed by atoms with Crippen molar-refractivity contribution >= 4 is 0 Å². The molecule has 1 aromatic rings. The van der Waals surface area contributed by atoms with Gasteiger partial charge in [0.05, 0.1) is 0 Å². The zero-order chi connectivity index (χ0) is 11.5. The van der Waals surface area contributed by atoms with Crippen LogP contribution in [-0.2, 0) is 0 Å². The fourth-order valence-electron chi connectivity index (χ4n) is 3.11. The first-order valence-electron chi connectivity index (χ1n) is 7.06. The van der Waals surface area contributed by atoms with Gasteiger partial charge in [0, 0.05) is 11.8 Å². The Labute approximate surface area is 103 Å². The van der Waals surface area contributed by atoms with Crippen molar-refractivity contribution in [2.75, 3.05) is 13.1 Å². The monoisotopic (exact) mass is 234 g/mol. The number of aromatic nitrogens is 3. The van der Waals surface area contributed by atoms with Crippen molar-refractivity contribution < 1.29 is 0 Å². The van der Waals surface area contributed by atoms with Crippen molar-refractivity contribution in [2.24, 2.45) is 0 Å². The van der Waals surface area contributed by atoms with Gasteiger partial charge < -0.3 is 5.32 Å². The van der Waals surface area contributed by atoms with Crippen molar-refractivity contribution in [2.45, 2.75) is 56.8 Å². The molecule has 0 spiro atoms. The number of H-pyrrole nitrogens is 1. The molecule has 4 nitrogen and oxygen atoms in total. The van der Waals surface area contributed by atoms with E-state index in [4.69, 9.17) is 4.98 Å². The van der Waals surface area contributed by atoms with Gasteiger partial charge in [-0.05, 0) is 38.8 Å². The van der Waals surface area contributed by atoms with E-state index >= 15 is 0 Å². The fourth-order valence-corrected chi connectivity index (χ4v) is 3.11. The summed E-state index contributed by atoms with van der Waals surface area (Å²) in [6.07, 6.45) is 9.04. The van der Waals surface area contributed by atoms with Crippen LogP contribution in [0.2, 0.25) is 0 Å². The first-order chi connectivity index (χ1) is 8.43. The van der Waals surface area contributed by atoms with Crippen LogP contribution in [0, 0.1) is 0 Å². The van der Waals surface area contributed by atoms with E-state index in [-0.39, 0.29) is 0 Å². The highest BCUT2D eigenvalue weighted by molar-refractivity contribution is 5.04. The lowest BCUT2D eigenvalue weighted by atomic mass is 9.89. The summed E-state index contributed by atoms with van der Waals surface area (Å²) in [6, 6.07) is 0. The second-order valence-electron chi connectivity index (χ2n) is 5.44. The lowest BCUT2D eigenvalue weighted by Crippen LogP contribution is -2.27.